The minimum atomic E-state index is -0.567. The van der Waals surface area contributed by atoms with Gasteiger partial charge < -0.3 is 14.2 Å². The minimum Gasteiger partial charge on any atom is -0.460 e. The van der Waals surface area contributed by atoms with E-state index in [0.29, 0.717) is 12.5 Å². The smallest absolute Gasteiger partial charge is 0.309 e. The first kappa shape index (κ1) is 21.4. The molecule has 0 radical (unpaired) electrons. The third-order valence-corrected chi connectivity index (χ3v) is 4.36. The highest BCUT2D eigenvalue weighted by Crippen LogP contribution is 2.32. The van der Waals surface area contributed by atoms with Crippen LogP contribution in [0.4, 0.5) is 0 Å². The van der Waals surface area contributed by atoms with Crippen molar-refractivity contribution in [2.75, 3.05) is 6.61 Å². The van der Waals surface area contributed by atoms with E-state index in [9.17, 15) is 9.59 Å². The van der Waals surface area contributed by atoms with E-state index >= 15 is 0 Å². The lowest BCUT2D eigenvalue weighted by Crippen LogP contribution is -2.30. The Labute approximate surface area is 162 Å². The van der Waals surface area contributed by atoms with Gasteiger partial charge in [-0.15, -0.1) is 0 Å². The van der Waals surface area contributed by atoms with E-state index in [1.54, 1.807) is 27.7 Å². The third-order valence-electron chi connectivity index (χ3n) is 4.36. The van der Waals surface area contributed by atoms with Crippen molar-refractivity contribution in [3.63, 3.8) is 0 Å². The van der Waals surface area contributed by atoms with E-state index < -0.39 is 29.6 Å². The van der Waals surface area contributed by atoms with E-state index in [1.165, 1.54) is 12.8 Å². The largest absolute Gasteiger partial charge is 0.460 e. The molecule has 1 aromatic rings. The number of rotatable bonds is 9. The molecule has 3 atom stereocenters. The minimum absolute atomic E-state index is 0.00174. The van der Waals surface area contributed by atoms with Gasteiger partial charge in [0.25, 0.3) is 0 Å². The lowest BCUT2D eigenvalue weighted by Gasteiger charge is -2.26. The van der Waals surface area contributed by atoms with Crippen LogP contribution in [0, 0.1) is 11.8 Å². The summed E-state index contributed by atoms with van der Waals surface area (Å²) >= 11 is 0. The number of carbonyl (C=O) groups excluding carboxylic acids is 2. The fourth-order valence-corrected chi connectivity index (χ4v) is 2.75. The zero-order valence-electron chi connectivity index (χ0n) is 17.1. The highest BCUT2D eigenvalue weighted by molar-refractivity contribution is 5.79. The number of ether oxygens (including phenoxy) is 3. The Morgan fingerprint density at radius 3 is 2.30 bits per heavy atom. The quantitative estimate of drug-likeness (QED) is 0.596. The summed E-state index contributed by atoms with van der Waals surface area (Å²) in [5.74, 6) is -0.763. The fourth-order valence-electron chi connectivity index (χ4n) is 2.75. The predicted molar refractivity (Wildman–Crippen MR) is 103 cm³/mol. The summed E-state index contributed by atoms with van der Waals surface area (Å²) in [6, 6.07) is 9.80. The molecular formula is C22H32O5. The molecular weight excluding hydrogens is 344 g/mol. The second kappa shape index (κ2) is 9.36. The van der Waals surface area contributed by atoms with Gasteiger partial charge in [0.05, 0.1) is 18.9 Å². The van der Waals surface area contributed by atoms with Crippen LogP contribution >= 0.6 is 0 Å². The molecule has 1 aromatic carbocycles. The van der Waals surface area contributed by atoms with Crippen molar-refractivity contribution in [3.05, 3.63) is 35.9 Å². The average molecular weight is 376 g/mol. The van der Waals surface area contributed by atoms with Crippen LogP contribution in [0.3, 0.4) is 0 Å². The van der Waals surface area contributed by atoms with Crippen molar-refractivity contribution in [2.24, 2.45) is 11.8 Å². The van der Waals surface area contributed by atoms with Crippen molar-refractivity contribution in [2.45, 2.75) is 71.7 Å². The summed E-state index contributed by atoms with van der Waals surface area (Å²) in [4.78, 5) is 24.4. The van der Waals surface area contributed by atoms with Crippen LogP contribution in [0.25, 0.3) is 0 Å². The predicted octanol–water partition coefficient (Wildman–Crippen LogP) is 4.45. The fraction of sp³-hybridized carbons (Fsp3) is 0.636. The molecule has 1 fully saturated rings. The summed E-state index contributed by atoms with van der Waals surface area (Å²) in [5, 5.41) is 0. The molecule has 0 heterocycles. The SMILES string of the molecule is C[C@H](CC(=O)OC(C)(C)C)C(=O)O[C@@H](C)[C@H](OCC1CC1)c1ccccc1. The molecule has 0 bridgehead atoms. The van der Waals surface area contributed by atoms with Crippen molar-refractivity contribution < 1.29 is 23.8 Å². The molecule has 5 nitrogen and oxygen atoms in total. The molecule has 1 aliphatic carbocycles. The van der Waals surface area contributed by atoms with E-state index in [0.717, 1.165) is 5.56 Å². The maximum absolute atomic E-state index is 12.5. The number of carbonyl (C=O) groups is 2. The average Bonchev–Trinajstić information content (AvgIpc) is 3.38. The summed E-state index contributed by atoms with van der Waals surface area (Å²) in [6.07, 6.45) is 1.64. The van der Waals surface area contributed by atoms with Crippen molar-refractivity contribution in [3.8, 4) is 0 Å². The Bertz CT molecular complexity index is 615. The van der Waals surface area contributed by atoms with Gasteiger partial charge in [-0.2, -0.15) is 0 Å². The number of benzene rings is 1. The number of esters is 2. The first-order chi connectivity index (χ1) is 12.7. The standard InChI is InChI=1S/C22H32O5/c1-15(13-19(23)27-22(3,4)5)21(24)26-16(2)20(25-14-17-11-12-17)18-9-7-6-8-10-18/h6-10,15-17,20H,11-14H2,1-5H3/t15-,16+,20+/m1/s1. The Morgan fingerprint density at radius 2 is 1.74 bits per heavy atom. The van der Waals surface area contributed by atoms with E-state index in [4.69, 9.17) is 14.2 Å². The topological polar surface area (TPSA) is 61.8 Å². The summed E-state index contributed by atoms with van der Waals surface area (Å²) in [7, 11) is 0. The van der Waals surface area contributed by atoms with Gasteiger partial charge in [0.1, 0.15) is 17.8 Å². The first-order valence-electron chi connectivity index (χ1n) is 9.74. The van der Waals surface area contributed by atoms with Gasteiger partial charge in [-0.1, -0.05) is 37.3 Å². The van der Waals surface area contributed by atoms with Gasteiger partial charge >= 0.3 is 11.9 Å². The maximum atomic E-state index is 12.5. The molecule has 0 amide bonds. The molecule has 150 valence electrons. The van der Waals surface area contributed by atoms with Crippen LogP contribution in [0.2, 0.25) is 0 Å². The highest BCUT2D eigenvalue weighted by atomic mass is 16.6. The van der Waals surface area contributed by atoms with Crippen molar-refractivity contribution in [1.29, 1.82) is 0 Å². The molecule has 0 spiro atoms. The Hall–Kier alpha value is -1.88. The van der Waals surface area contributed by atoms with Crippen LogP contribution in [-0.4, -0.2) is 30.3 Å². The Morgan fingerprint density at radius 1 is 1.11 bits per heavy atom. The van der Waals surface area contributed by atoms with Crippen LogP contribution < -0.4 is 0 Å². The molecule has 27 heavy (non-hydrogen) atoms. The molecule has 0 aliphatic heterocycles. The van der Waals surface area contributed by atoms with E-state index in [1.807, 2.05) is 37.3 Å². The molecule has 1 aliphatic rings. The molecule has 0 saturated heterocycles. The van der Waals surface area contributed by atoms with E-state index in [2.05, 4.69) is 0 Å². The molecule has 2 rings (SSSR count). The first-order valence-corrected chi connectivity index (χ1v) is 9.74. The highest BCUT2D eigenvalue weighted by Gasteiger charge is 2.30. The number of hydrogen-bond acceptors (Lipinski definition) is 5. The molecule has 5 heteroatoms. The van der Waals surface area contributed by atoms with Crippen LogP contribution in [-0.2, 0) is 23.8 Å². The van der Waals surface area contributed by atoms with Gasteiger partial charge in [-0.3, -0.25) is 9.59 Å². The summed E-state index contributed by atoms with van der Waals surface area (Å²) in [6.45, 7) is 9.60. The zero-order chi connectivity index (χ0) is 20.0. The van der Waals surface area contributed by atoms with Crippen LogP contribution in [0.1, 0.15) is 65.5 Å². The molecule has 0 unspecified atom stereocenters. The zero-order valence-corrected chi connectivity index (χ0v) is 17.1. The molecule has 1 saturated carbocycles. The van der Waals surface area contributed by atoms with Crippen LogP contribution in [0.5, 0.6) is 0 Å². The van der Waals surface area contributed by atoms with Crippen LogP contribution in [0.15, 0.2) is 30.3 Å². The second-order valence-corrected chi connectivity index (χ2v) is 8.44. The summed E-state index contributed by atoms with van der Waals surface area (Å²) in [5.41, 5.74) is 0.418. The summed E-state index contributed by atoms with van der Waals surface area (Å²) < 4.78 is 17.0. The van der Waals surface area contributed by atoms with Gasteiger partial charge in [0, 0.05) is 0 Å². The maximum Gasteiger partial charge on any atom is 0.309 e. The van der Waals surface area contributed by atoms with Gasteiger partial charge in [-0.25, -0.2) is 0 Å². The Balaban J connectivity index is 1.93. The molecule has 0 aromatic heterocycles. The van der Waals surface area contributed by atoms with Crippen molar-refractivity contribution in [1.82, 2.24) is 0 Å². The lowest BCUT2D eigenvalue weighted by molar-refractivity contribution is -0.167. The monoisotopic (exact) mass is 376 g/mol. The number of hydrogen-bond donors (Lipinski definition) is 0. The normalized spacial score (nSPS) is 17.7. The van der Waals surface area contributed by atoms with E-state index in [-0.39, 0.29) is 12.5 Å². The van der Waals surface area contributed by atoms with Crippen molar-refractivity contribution >= 4 is 11.9 Å². The third kappa shape index (κ3) is 7.71. The molecule has 0 N–H and O–H groups in total. The van der Waals surface area contributed by atoms with Gasteiger partial charge in [-0.05, 0) is 52.0 Å². The Kier molecular flexibility index (Phi) is 7.42. The van der Waals surface area contributed by atoms with Gasteiger partial charge in [0.15, 0.2) is 0 Å². The van der Waals surface area contributed by atoms with Gasteiger partial charge in [0.2, 0.25) is 0 Å². The second-order valence-electron chi connectivity index (χ2n) is 8.44. The lowest BCUT2D eigenvalue weighted by atomic mass is 10.0.